The molecule has 0 unspecified atom stereocenters. The van der Waals surface area contributed by atoms with Crippen LogP contribution in [-0.4, -0.2) is 9.97 Å². The van der Waals surface area contributed by atoms with Gasteiger partial charge >= 0.3 is 0 Å². The number of hydrogen-bond acceptors (Lipinski definition) is 2. The topological polar surface area (TPSA) is 25.8 Å². The molecule has 2 aromatic heterocycles. The predicted molar refractivity (Wildman–Crippen MR) is 245 cm³/mol. The van der Waals surface area contributed by atoms with E-state index >= 15 is 0 Å². The summed E-state index contributed by atoms with van der Waals surface area (Å²) in [5.74, 6) is 0. The Labute approximate surface area is 337 Å². The Morgan fingerprint density at radius 1 is 0.276 bits per heavy atom. The zero-order chi connectivity index (χ0) is 38.4. The zero-order valence-electron chi connectivity index (χ0n) is 31.7. The summed E-state index contributed by atoms with van der Waals surface area (Å²) in [6, 6.07) is 72.8. The fourth-order valence-corrected chi connectivity index (χ4v) is 8.83. The molecule has 0 aliphatic rings. The van der Waals surface area contributed by atoms with Gasteiger partial charge in [0, 0.05) is 29.7 Å². The normalized spacial score (nSPS) is 11.4. The van der Waals surface area contributed by atoms with E-state index in [0.717, 1.165) is 22.4 Å². The summed E-state index contributed by atoms with van der Waals surface area (Å²) in [5.41, 5.74) is 13.9. The highest BCUT2D eigenvalue weighted by atomic mass is 14.7. The van der Waals surface area contributed by atoms with Crippen molar-refractivity contribution in [2.75, 3.05) is 0 Å². The van der Waals surface area contributed by atoms with Gasteiger partial charge < -0.3 is 0 Å². The van der Waals surface area contributed by atoms with Gasteiger partial charge in [-0.1, -0.05) is 176 Å². The van der Waals surface area contributed by atoms with E-state index in [2.05, 4.69) is 193 Å². The molecule has 2 nitrogen and oxygen atoms in total. The summed E-state index contributed by atoms with van der Waals surface area (Å²) < 4.78 is 0. The van der Waals surface area contributed by atoms with Gasteiger partial charge in [-0.3, -0.25) is 9.97 Å². The van der Waals surface area contributed by atoms with E-state index in [1.54, 1.807) is 0 Å². The fourth-order valence-electron chi connectivity index (χ4n) is 8.83. The molecule has 0 aliphatic heterocycles. The Bertz CT molecular complexity index is 3280. The van der Waals surface area contributed by atoms with Crippen LogP contribution in [0, 0.1) is 0 Å². The van der Waals surface area contributed by atoms with E-state index in [-0.39, 0.29) is 0 Å². The summed E-state index contributed by atoms with van der Waals surface area (Å²) in [4.78, 5) is 9.18. The average molecular weight is 737 g/mol. The lowest BCUT2D eigenvalue weighted by atomic mass is 9.84. The molecule has 0 spiro atoms. The van der Waals surface area contributed by atoms with Crippen LogP contribution < -0.4 is 0 Å². The third-order valence-corrected chi connectivity index (χ3v) is 11.6. The molecule has 0 N–H and O–H groups in total. The highest BCUT2D eigenvalue weighted by Crippen LogP contribution is 2.46. The number of pyridine rings is 2. The molecule has 2 heterocycles. The molecule has 11 rings (SSSR count). The molecule has 0 aliphatic carbocycles. The van der Waals surface area contributed by atoms with Crippen molar-refractivity contribution in [2.45, 2.75) is 0 Å². The molecule has 11 aromatic rings. The maximum atomic E-state index is 4.99. The highest BCUT2D eigenvalue weighted by molar-refractivity contribution is 6.22. The van der Waals surface area contributed by atoms with Crippen LogP contribution in [0.5, 0.6) is 0 Å². The van der Waals surface area contributed by atoms with Gasteiger partial charge in [-0.15, -0.1) is 0 Å². The minimum Gasteiger partial charge on any atom is -0.265 e. The molecule has 0 amide bonds. The second-order valence-electron chi connectivity index (χ2n) is 14.9. The number of fused-ring (bicyclic) bond motifs is 4. The Morgan fingerprint density at radius 3 is 1.28 bits per heavy atom. The smallest absolute Gasteiger partial charge is 0.0702 e. The lowest BCUT2D eigenvalue weighted by molar-refractivity contribution is 1.30. The van der Waals surface area contributed by atoms with E-state index in [1.807, 2.05) is 30.7 Å². The Balaban J connectivity index is 1.10. The second-order valence-corrected chi connectivity index (χ2v) is 14.9. The van der Waals surface area contributed by atoms with Gasteiger partial charge in [0.05, 0.1) is 5.69 Å². The van der Waals surface area contributed by atoms with Crippen LogP contribution in [-0.2, 0) is 0 Å². The van der Waals surface area contributed by atoms with Crippen molar-refractivity contribution >= 4 is 43.1 Å². The summed E-state index contributed by atoms with van der Waals surface area (Å²) >= 11 is 0. The Morgan fingerprint density at radius 2 is 0.724 bits per heavy atom. The summed E-state index contributed by atoms with van der Waals surface area (Å²) in [6.45, 7) is 0. The molecule has 2 heteroatoms. The van der Waals surface area contributed by atoms with Gasteiger partial charge in [0.15, 0.2) is 0 Å². The number of hydrogen-bond donors (Lipinski definition) is 0. The van der Waals surface area contributed by atoms with Crippen LogP contribution in [0.2, 0.25) is 0 Å². The van der Waals surface area contributed by atoms with Crippen LogP contribution in [0.1, 0.15) is 0 Å². The third kappa shape index (κ3) is 5.82. The lowest BCUT2D eigenvalue weighted by Gasteiger charge is -2.19. The molecule has 0 fully saturated rings. The van der Waals surface area contributed by atoms with Crippen molar-refractivity contribution in [3.8, 4) is 66.9 Å². The molecular formula is C56H36N2. The Hall–Kier alpha value is -7.68. The number of benzene rings is 9. The maximum absolute atomic E-state index is 4.99. The molecule has 270 valence electrons. The molecule has 0 saturated carbocycles. The maximum Gasteiger partial charge on any atom is 0.0702 e. The summed E-state index contributed by atoms with van der Waals surface area (Å²) in [6.07, 6.45) is 5.61. The van der Waals surface area contributed by atoms with E-state index in [1.165, 1.54) is 87.6 Å². The molecule has 0 radical (unpaired) electrons. The molecule has 0 atom stereocenters. The van der Waals surface area contributed by atoms with Gasteiger partial charge in [0.25, 0.3) is 0 Å². The van der Waals surface area contributed by atoms with E-state index in [4.69, 9.17) is 4.98 Å². The number of nitrogens with zero attached hydrogens (tertiary/aromatic N) is 2. The lowest BCUT2D eigenvalue weighted by Crippen LogP contribution is -1.93. The number of rotatable bonds is 6. The average Bonchev–Trinajstić information content (AvgIpc) is 3.31. The largest absolute Gasteiger partial charge is 0.265 e. The first kappa shape index (κ1) is 33.6. The molecule has 0 bridgehead atoms. The molecule has 58 heavy (non-hydrogen) atoms. The first-order chi connectivity index (χ1) is 28.8. The van der Waals surface area contributed by atoms with Crippen LogP contribution in [0.4, 0.5) is 0 Å². The second kappa shape index (κ2) is 14.1. The molecule has 9 aromatic carbocycles. The monoisotopic (exact) mass is 736 g/mol. The van der Waals surface area contributed by atoms with Crippen LogP contribution in [0.15, 0.2) is 219 Å². The highest BCUT2D eigenvalue weighted by Gasteiger charge is 2.19. The van der Waals surface area contributed by atoms with Crippen molar-refractivity contribution < 1.29 is 0 Å². The van der Waals surface area contributed by atoms with E-state index < -0.39 is 0 Å². The minimum atomic E-state index is 0.936. The van der Waals surface area contributed by atoms with Crippen molar-refractivity contribution in [3.63, 3.8) is 0 Å². The minimum absolute atomic E-state index is 0.936. The standard InChI is InChI=1S/C56H36N2/c1-3-13-46-38(9-1)11-7-17-48(46)40-19-23-42(24-20-40)55-50-15-5-6-16-51(50)56(43-25-21-41(22-26-43)49-18-8-12-39-10-2-4-14-47(39)49)53-35-44(27-29-52(53)55)54-30-28-45(36-58-54)37-31-33-57-34-32-37/h1-36H. The van der Waals surface area contributed by atoms with Crippen molar-refractivity contribution in [2.24, 2.45) is 0 Å². The number of aromatic nitrogens is 2. The first-order valence-electron chi connectivity index (χ1n) is 19.8. The van der Waals surface area contributed by atoms with Gasteiger partial charge in [-0.05, 0) is 117 Å². The van der Waals surface area contributed by atoms with Gasteiger partial charge in [-0.25, -0.2) is 0 Å². The fraction of sp³-hybridized carbons (Fsp3) is 0. The van der Waals surface area contributed by atoms with Gasteiger partial charge in [0.1, 0.15) is 0 Å². The molecular weight excluding hydrogens is 701 g/mol. The SMILES string of the molecule is c1ccc2c(-c3ccc(-c4c5ccccc5c(-c5ccc(-c6cccc7ccccc67)cc5)c5cc(-c6ccc(-c7ccncc7)cn6)ccc45)cc3)cccc2c1. The van der Waals surface area contributed by atoms with Gasteiger partial charge in [-0.2, -0.15) is 0 Å². The van der Waals surface area contributed by atoms with Crippen molar-refractivity contribution in [1.82, 2.24) is 9.97 Å². The first-order valence-corrected chi connectivity index (χ1v) is 19.8. The quantitative estimate of drug-likeness (QED) is 0.159. The third-order valence-electron chi connectivity index (χ3n) is 11.6. The molecule has 0 saturated heterocycles. The van der Waals surface area contributed by atoms with Gasteiger partial charge in [0.2, 0.25) is 0 Å². The van der Waals surface area contributed by atoms with Crippen LogP contribution >= 0.6 is 0 Å². The van der Waals surface area contributed by atoms with Crippen LogP contribution in [0.3, 0.4) is 0 Å². The van der Waals surface area contributed by atoms with E-state index in [9.17, 15) is 0 Å². The van der Waals surface area contributed by atoms with Crippen LogP contribution in [0.25, 0.3) is 110 Å². The predicted octanol–water partition coefficient (Wildman–Crippen LogP) is 15.1. The summed E-state index contributed by atoms with van der Waals surface area (Å²) in [7, 11) is 0. The zero-order valence-corrected chi connectivity index (χ0v) is 31.7. The summed E-state index contributed by atoms with van der Waals surface area (Å²) in [5, 5.41) is 9.88. The van der Waals surface area contributed by atoms with E-state index in [0.29, 0.717) is 0 Å². The Kier molecular flexibility index (Phi) is 8.19. The van der Waals surface area contributed by atoms with Crippen molar-refractivity contribution in [1.29, 1.82) is 0 Å². The van der Waals surface area contributed by atoms with Crippen molar-refractivity contribution in [3.05, 3.63) is 219 Å².